The van der Waals surface area contributed by atoms with Crippen LogP contribution in [0.1, 0.15) is 24.1 Å². The number of nitrogens with zero attached hydrogens (tertiary/aromatic N) is 7. The number of nitriles is 1. The number of thiophene rings is 1. The monoisotopic (exact) mass is 546 g/mol. The third kappa shape index (κ3) is 5.02. The molecule has 2 aromatic carbocycles. The molecule has 0 saturated carbocycles. The molecule has 0 spiro atoms. The van der Waals surface area contributed by atoms with E-state index < -0.39 is 28.8 Å². The van der Waals surface area contributed by atoms with Gasteiger partial charge in [0.25, 0.3) is 5.56 Å². The number of hydrazone groups is 1. The Labute approximate surface area is 224 Å². The molecule has 0 bridgehead atoms. The maximum absolute atomic E-state index is 14.9. The third-order valence-electron chi connectivity index (χ3n) is 6.36. The molecule has 0 fully saturated rings. The molecular weight excluding hydrogens is 526 g/mol. The molecule has 2 atom stereocenters. The molecule has 0 aliphatic carbocycles. The summed E-state index contributed by atoms with van der Waals surface area (Å²) in [5.41, 5.74) is 1.65. The SMILES string of the molecule is C[C@@H](n1cnc2cc(-c3ccc(C=NNC#N)cc3)sc2c1=O)[C@](O)(Cn1cncn1)c1ccc(F)cc1F. The Bertz CT molecular complexity index is 1760. The molecule has 5 rings (SSSR count). The number of aliphatic hydroxyl groups is 1. The maximum Gasteiger partial charge on any atom is 0.271 e. The van der Waals surface area contributed by atoms with Crippen LogP contribution >= 0.6 is 11.3 Å². The first-order chi connectivity index (χ1) is 18.8. The number of nitrogens with one attached hydrogen (secondary N) is 1. The van der Waals surface area contributed by atoms with E-state index in [1.165, 1.54) is 45.8 Å². The Balaban J connectivity index is 1.54. The van der Waals surface area contributed by atoms with Crippen LogP contribution in [0.5, 0.6) is 0 Å². The van der Waals surface area contributed by atoms with E-state index in [1.807, 2.05) is 24.3 Å². The van der Waals surface area contributed by atoms with Gasteiger partial charge in [-0.2, -0.15) is 15.5 Å². The first-order valence-corrected chi connectivity index (χ1v) is 12.4. The minimum Gasteiger partial charge on any atom is -0.381 e. The van der Waals surface area contributed by atoms with Crippen LogP contribution in [0, 0.1) is 23.1 Å². The highest BCUT2D eigenvalue weighted by Crippen LogP contribution is 2.37. The zero-order chi connectivity index (χ0) is 27.6. The Morgan fingerprint density at radius 1 is 1.23 bits per heavy atom. The van der Waals surface area contributed by atoms with Gasteiger partial charge in [0.15, 0.2) is 6.19 Å². The lowest BCUT2D eigenvalue weighted by molar-refractivity contribution is -0.0343. The van der Waals surface area contributed by atoms with Crippen LogP contribution in [0.2, 0.25) is 0 Å². The molecule has 0 amide bonds. The summed E-state index contributed by atoms with van der Waals surface area (Å²) in [6.07, 6.45) is 7.13. The van der Waals surface area contributed by atoms with Crippen LogP contribution in [-0.2, 0) is 12.1 Å². The Hall–Kier alpha value is -4.80. The smallest absolute Gasteiger partial charge is 0.271 e. The van der Waals surface area contributed by atoms with E-state index in [9.17, 15) is 18.7 Å². The van der Waals surface area contributed by atoms with Crippen molar-refractivity contribution in [2.24, 2.45) is 5.10 Å². The highest BCUT2D eigenvalue weighted by Gasteiger charge is 2.41. The van der Waals surface area contributed by atoms with E-state index in [4.69, 9.17) is 5.26 Å². The van der Waals surface area contributed by atoms with E-state index in [1.54, 1.807) is 19.2 Å². The number of rotatable bonds is 8. The van der Waals surface area contributed by atoms with E-state index in [0.29, 0.717) is 16.3 Å². The molecule has 10 nitrogen and oxygen atoms in total. The topological polar surface area (TPSA) is 134 Å². The highest BCUT2D eigenvalue weighted by molar-refractivity contribution is 7.22. The standard InChI is InChI=1S/C26H20F2N8O2S/c1-16(26(38,11-35-14-30-13-34-35)20-7-6-19(27)8-21(20)28)36-15-31-22-9-23(39-24(22)25(36)37)18-4-2-17(3-5-18)10-32-33-12-29/h2-10,13-16,33,38H,11H2,1H3/t16-,26-/m1/s1. The number of hydrogen-bond acceptors (Lipinski definition) is 9. The molecule has 5 aromatic rings. The van der Waals surface area contributed by atoms with Crippen LogP contribution in [0.15, 0.2) is 77.4 Å². The molecule has 0 unspecified atom stereocenters. The van der Waals surface area contributed by atoms with Crippen LogP contribution < -0.4 is 11.0 Å². The van der Waals surface area contributed by atoms with Gasteiger partial charge in [0.05, 0.1) is 30.6 Å². The predicted octanol–water partition coefficient (Wildman–Crippen LogP) is 3.55. The molecule has 0 aliphatic rings. The first-order valence-electron chi connectivity index (χ1n) is 11.6. The Kier molecular flexibility index (Phi) is 6.97. The fourth-order valence-corrected chi connectivity index (χ4v) is 5.34. The molecular formula is C26H20F2N8O2S. The van der Waals surface area contributed by atoms with Crippen molar-refractivity contribution >= 4 is 27.8 Å². The second kappa shape index (κ2) is 10.5. The lowest BCUT2D eigenvalue weighted by atomic mass is 9.86. The van der Waals surface area contributed by atoms with Crippen LogP contribution in [-0.4, -0.2) is 35.6 Å². The molecule has 0 aliphatic heterocycles. The third-order valence-corrected chi connectivity index (χ3v) is 7.52. The van der Waals surface area contributed by atoms with Crippen molar-refractivity contribution in [2.45, 2.75) is 25.1 Å². The molecule has 39 heavy (non-hydrogen) atoms. The molecule has 2 N–H and O–H groups in total. The summed E-state index contributed by atoms with van der Waals surface area (Å²) in [6, 6.07) is 11.0. The van der Waals surface area contributed by atoms with Crippen LogP contribution in [0.25, 0.3) is 20.7 Å². The molecule has 3 heterocycles. The predicted molar refractivity (Wildman–Crippen MR) is 141 cm³/mol. The minimum atomic E-state index is -2.01. The van der Waals surface area contributed by atoms with E-state index in [0.717, 1.165) is 28.1 Å². The van der Waals surface area contributed by atoms with Crippen LogP contribution in [0.3, 0.4) is 0 Å². The fourth-order valence-electron chi connectivity index (χ4n) is 4.29. The van der Waals surface area contributed by atoms with Crippen molar-refractivity contribution in [3.05, 3.63) is 101 Å². The van der Waals surface area contributed by atoms with Gasteiger partial charge in [-0.05, 0) is 30.2 Å². The van der Waals surface area contributed by atoms with Crippen molar-refractivity contribution in [2.75, 3.05) is 0 Å². The van der Waals surface area contributed by atoms with Crippen molar-refractivity contribution in [3.63, 3.8) is 0 Å². The van der Waals surface area contributed by atoms with E-state index in [-0.39, 0.29) is 12.1 Å². The molecule has 0 radical (unpaired) electrons. The summed E-state index contributed by atoms with van der Waals surface area (Å²) >= 11 is 1.24. The highest BCUT2D eigenvalue weighted by atomic mass is 32.1. The maximum atomic E-state index is 14.9. The average molecular weight is 547 g/mol. The van der Waals surface area contributed by atoms with E-state index in [2.05, 4.69) is 25.6 Å². The van der Waals surface area contributed by atoms with Gasteiger partial charge in [-0.1, -0.05) is 30.3 Å². The lowest BCUT2D eigenvalue weighted by Crippen LogP contribution is -2.43. The first kappa shape index (κ1) is 25.8. The molecule has 3 aromatic heterocycles. The van der Waals surface area contributed by atoms with Crippen LogP contribution in [0.4, 0.5) is 8.78 Å². The number of hydrogen-bond donors (Lipinski definition) is 2. The Morgan fingerprint density at radius 3 is 2.72 bits per heavy atom. The second-order valence-corrected chi connectivity index (χ2v) is 9.76. The number of aromatic nitrogens is 5. The molecule has 0 saturated heterocycles. The van der Waals surface area contributed by atoms with Crippen molar-refractivity contribution in [3.8, 4) is 16.6 Å². The van der Waals surface area contributed by atoms with Crippen molar-refractivity contribution < 1.29 is 13.9 Å². The number of benzene rings is 2. The van der Waals surface area contributed by atoms with Gasteiger partial charge >= 0.3 is 0 Å². The largest absolute Gasteiger partial charge is 0.381 e. The minimum absolute atomic E-state index is 0.195. The summed E-state index contributed by atoms with van der Waals surface area (Å²) in [4.78, 5) is 22.7. The number of halogens is 2. The molecule has 196 valence electrons. The zero-order valence-electron chi connectivity index (χ0n) is 20.4. The van der Waals surface area contributed by atoms with Gasteiger partial charge in [-0.3, -0.25) is 9.36 Å². The quantitative estimate of drug-likeness (QED) is 0.132. The second-order valence-electron chi connectivity index (χ2n) is 8.70. The van der Waals surface area contributed by atoms with Gasteiger partial charge in [0.2, 0.25) is 0 Å². The van der Waals surface area contributed by atoms with Gasteiger partial charge < -0.3 is 5.11 Å². The summed E-state index contributed by atoms with van der Waals surface area (Å²) in [5.74, 6) is -1.75. The summed E-state index contributed by atoms with van der Waals surface area (Å²) in [6.45, 7) is 1.31. The normalized spacial score (nSPS) is 13.8. The fraction of sp³-hybridized carbons (Fsp3) is 0.154. The van der Waals surface area contributed by atoms with Gasteiger partial charge in [-0.25, -0.2) is 28.9 Å². The van der Waals surface area contributed by atoms with Crippen molar-refractivity contribution in [1.29, 1.82) is 5.26 Å². The van der Waals surface area contributed by atoms with E-state index >= 15 is 0 Å². The Morgan fingerprint density at radius 2 is 2.03 bits per heavy atom. The molecule has 13 heteroatoms. The number of fused-ring (bicyclic) bond motifs is 1. The summed E-state index contributed by atoms with van der Waals surface area (Å²) in [7, 11) is 0. The lowest BCUT2D eigenvalue weighted by Gasteiger charge is -2.35. The van der Waals surface area contributed by atoms with Crippen molar-refractivity contribution in [1.82, 2.24) is 29.7 Å². The van der Waals surface area contributed by atoms with Gasteiger partial charge in [0, 0.05) is 16.5 Å². The average Bonchev–Trinajstić information content (AvgIpc) is 3.59. The van der Waals surface area contributed by atoms with Gasteiger partial charge in [-0.15, -0.1) is 11.3 Å². The summed E-state index contributed by atoms with van der Waals surface area (Å²) in [5, 5.41) is 28.1. The zero-order valence-corrected chi connectivity index (χ0v) is 21.2. The summed E-state index contributed by atoms with van der Waals surface area (Å²) < 4.78 is 31.5. The van der Waals surface area contributed by atoms with Gasteiger partial charge in [0.1, 0.15) is 34.6 Å².